The van der Waals surface area contributed by atoms with Gasteiger partial charge in [-0.1, -0.05) is 36.4 Å². The molecule has 5 atom stereocenters. The fraction of sp³-hybridized carbons (Fsp3) is 0.667. The van der Waals surface area contributed by atoms with Crippen molar-refractivity contribution in [3.63, 3.8) is 0 Å². The lowest BCUT2D eigenvalue weighted by molar-refractivity contribution is -0.256. The molecule has 31 heavy (non-hydrogen) atoms. The van der Waals surface area contributed by atoms with Crippen molar-refractivity contribution in [2.45, 2.75) is 82.5 Å². The van der Waals surface area contributed by atoms with Gasteiger partial charge in [0, 0.05) is 13.0 Å². The fourth-order valence-corrected chi connectivity index (χ4v) is 4.58. The number of ether oxygens (including phenoxy) is 7. The van der Waals surface area contributed by atoms with Crippen molar-refractivity contribution in [1.29, 1.82) is 0 Å². The molecule has 0 aromatic heterocycles. The molecule has 7 heteroatoms. The average Bonchev–Trinajstić information content (AvgIpc) is 3.33. The number of rotatable bonds is 9. The molecule has 0 bridgehead atoms. The molecule has 3 aliphatic heterocycles. The summed E-state index contributed by atoms with van der Waals surface area (Å²) in [5.41, 5.74) is 0.300. The van der Waals surface area contributed by atoms with Gasteiger partial charge < -0.3 is 33.2 Å². The molecular weight excluding hydrogens is 400 g/mol. The Morgan fingerprint density at radius 3 is 2.48 bits per heavy atom. The van der Waals surface area contributed by atoms with Gasteiger partial charge in [-0.15, -0.1) is 6.58 Å². The van der Waals surface area contributed by atoms with Crippen molar-refractivity contribution in [1.82, 2.24) is 0 Å². The van der Waals surface area contributed by atoms with E-state index in [9.17, 15) is 0 Å². The van der Waals surface area contributed by atoms with Crippen LogP contribution >= 0.6 is 0 Å². The molecule has 4 rings (SSSR count). The van der Waals surface area contributed by atoms with Gasteiger partial charge in [-0.25, -0.2) is 0 Å². The number of fused-ring (bicyclic) bond motifs is 1. The highest BCUT2D eigenvalue weighted by Gasteiger charge is 2.67. The van der Waals surface area contributed by atoms with E-state index in [4.69, 9.17) is 33.2 Å². The van der Waals surface area contributed by atoms with Crippen LogP contribution in [0.4, 0.5) is 0 Å². The van der Waals surface area contributed by atoms with Gasteiger partial charge in [0.25, 0.3) is 0 Å². The monoisotopic (exact) mass is 434 g/mol. The maximum atomic E-state index is 6.43. The summed E-state index contributed by atoms with van der Waals surface area (Å²) in [6, 6.07) is 10.1. The van der Waals surface area contributed by atoms with Gasteiger partial charge in [-0.05, 0) is 33.3 Å². The molecule has 3 heterocycles. The Kier molecular flexibility index (Phi) is 6.57. The van der Waals surface area contributed by atoms with Crippen LogP contribution in [0.5, 0.6) is 0 Å². The molecule has 172 valence electrons. The van der Waals surface area contributed by atoms with Crippen LogP contribution in [-0.4, -0.2) is 61.6 Å². The third-order valence-corrected chi connectivity index (χ3v) is 5.89. The molecule has 0 radical (unpaired) electrons. The first-order chi connectivity index (χ1) is 14.7. The van der Waals surface area contributed by atoms with Crippen LogP contribution in [0.3, 0.4) is 0 Å². The highest BCUT2D eigenvalue weighted by atomic mass is 16.9. The minimum Gasteiger partial charge on any atom is -0.377 e. The Labute approximate surface area is 184 Å². The second kappa shape index (κ2) is 8.90. The van der Waals surface area contributed by atoms with E-state index < -0.39 is 35.7 Å². The van der Waals surface area contributed by atoms with E-state index in [-0.39, 0.29) is 6.10 Å². The van der Waals surface area contributed by atoms with Gasteiger partial charge >= 0.3 is 0 Å². The van der Waals surface area contributed by atoms with E-state index in [1.165, 1.54) is 0 Å². The van der Waals surface area contributed by atoms with Gasteiger partial charge in [0.2, 0.25) is 0 Å². The second-order valence-electron chi connectivity index (χ2n) is 9.19. The Bertz CT molecular complexity index is 750. The van der Waals surface area contributed by atoms with E-state index in [0.717, 1.165) is 5.56 Å². The topological polar surface area (TPSA) is 64.6 Å². The van der Waals surface area contributed by atoms with Gasteiger partial charge in [0.05, 0.1) is 19.8 Å². The molecule has 1 aromatic carbocycles. The van der Waals surface area contributed by atoms with Crippen molar-refractivity contribution in [3.8, 4) is 0 Å². The zero-order valence-corrected chi connectivity index (χ0v) is 18.9. The maximum absolute atomic E-state index is 6.43. The summed E-state index contributed by atoms with van der Waals surface area (Å²) in [6.07, 6.45) is 0.578. The van der Waals surface area contributed by atoms with E-state index in [0.29, 0.717) is 32.8 Å². The van der Waals surface area contributed by atoms with Crippen molar-refractivity contribution in [2.75, 3.05) is 19.8 Å². The number of hydrogen-bond acceptors (Lipinski definition) is 7. The molecular formula is C24H34O7. The smallest absolute Gasteiger partial charge is 0.190 e. The SMILES string of the molecule is C=CCO[C@]1(CCOCc2ccccc2)[C@@H]([C@H]2COC(C)(C)O2)O[C@@H]2OC(C)(C)O[C@@H]21. The Hall–Kier alpha value is -1.32. The summed E-state index contributed by atoms with van der Waals surface area (Å²) in [5.74, 6) is -1.44. The van der Waals surface area contributed by atoms with Gasteiger partial charge in [0.1, 0.15) is 23.9 Å². The van der Waals surface area contributed by atoms with Crippen molar-refractivity contribution < 1.29 is 33.2 Å². The van der Waals surface area contributed by atoms with E-state index >= 15 is 0 Å². The maximum Gasteiger partial charge on any atom is 0.190 e. The highest BCUT2D eigenvalue weighted by molar-refractivity contribution is 5.13. The van der Waals surface area contributed by atoms with Crippen LogP contribution in [0.15, 0.2) is 43.0 Å². The zero-order valence-electron chi connectivity index (χ0n) is 18.9. The molecule has 0 amide bonds. The number of hydrogen-bond donors (Lipinski definition) is 0. The van der Waals surface area contributed by atoms with Gasteiger partial charge in [0.15, 0.2) is 17.9 Å². The lowest BCUT2D eigenvalue weighted by atomic mass is 9.85. The van der Waals surface area contributed by atoms with Crippen LogP contribution in [0, 0.1) is 0 Å². The van der Waals surface area contributed by atoms with Crippen LogP contribution in [-0.2, 0) is 39.8 Å². The predicted octanol–water partition coefficient (Wildman–Crippen LogP) is 3.56. The second-order valence-corrected chi connectivity index (χ2v) is 9.19. The van der Waals surface area contributed by atoms with Crippen LogP contribution in [0.25, 0.3) is 0 Å². The Morgan fingerprint density at radius 2 is 1.81 bits per heavy atom. The molecule has 3 aliphatic rings. The first-order valence-electron chi connectivity index (χ1n) is 10.9. The predicted molar refractivity (Wildman–Crippen MR) is 113 cm³/mol. The molecule has 3 fully saturated rings. The quantitative estimate of drug-likeness (QED) is 0.435. The van der Waals surface area contributed by atoms with E-state index in [1.54, 1.807) is 6.08 Å². The van der Waals surface area contributed by atoms with Crippen molar-refractivity contribution >= 4 is 0 Å². The summed E-state index contributed by atoms with van der Waals surface area (Å²) in [7, 11) is 0. The first-order valence-corrected chi connectivity index (χ1v) is 10.9. The van der Waals surface area contributed by atoms with Crippen molar-refractivity contribution in [3.05, 3.63) is 48.6 Å². The van der Waals surface area contributed by atoms with Gasteiger partial charge in [-0.2, -0.15) is 0 Å². The van der Waals surface area contributed by atoms with Crippen LogP contribution in [0.1, 0.15) is 39.7 Å². The van der Waals surface area contributed by atoms with Crippen LogP contribution in [0.2, 0.25) is 0 Å². The highest BCUT2D eigenvalue weighted by Crippen LogP contribution is 2.49. The summed E-state index contributed by atoms with van der Waals surface area (Å²) < 4.78 is 43.1. The minimum atomic E-state index is -0.822. The standard InChI is InChI=1S/C24H34O7/c1-6-13-26-24(12-14-25-15-17-10-8-7-9-11-17)19(18-16-27-22(2,3)29-18)28-21-20(24)30-23(4,5)31-21/h6-11,18-21H,1,12-16H2,2-5H3/t18-,19-,20+,21-,24-/m1/s1. The lowest BCUT2D eigenvalue weighted by Gasteiger charge is -2.39. The molecule has 3 saturated heterocycles. The molecule has 0 N–H and O–H groups in total. The summed E-state index contributed by atoms with van der Waals surface area (Å²) >= 11 is 0. The van der Waals surface area contributed by atoms with Crippen LogP contribution < -0.4 is 0 Å². The first kappa shape index (κ1) is 22.9. The Balaban J connectivity index is 1.53. The third kappa shape index (κ3) is 4.88. The normalized spacial score (nSPS) is 35.9. The van der Waals surface area contributed by atoms with Gasteiger partial charge in [-0.3, -0.25) is 0 Å². The fourth-order valence-electron chi connectivity index (χ4n) is 4.58. The minimum absolute atomic E-state index is 0.310. The molecule has 1 aromatic rings. The van der Waals surface area contributed by atoms with Crippen molar-refractivity contribution in [2.24, 2.45) is 0 Å². The molecule has 0 unspecified atom stereocenters. The molecule has 0 spiro atoms. The van der Waals surface area contributed by atoms with E-state index in [1.807, 2.05) is 58.0 Å². The summed E-state index contributed by atoms with van der Waals surface area (Å²) in [5, 5.41) is 0. The average molecular weight is 435 g/mol. The zero-order chi connectivity index (χ0) is 22.1. The summed E-state index contributed by atoms with van der Waals surface area (Å²) in [6.45, 7) is 13.1. The molecule has 0 aliphatic carbocycles. The van der Waals surface area contributed by atoms with E-state index in [2.05, 4.69) is 6.58 Å². The third-order valence-electron chi connectivity index (χ3n) is 5.89. The summed E-state index contributed by atoms with van der Waals surface area (Å²) in [4.78, 5) is 0. The largest absolute Gasteiger partial charge is 0.377 e. The molecule has 0 saturated carbocycles. The Morgan fingerprint density at radius 1 is 1.03 bits per heavy atom. The lowest BCUT2D eigenvalue weighted by Crippen LogP contribution is -2.56. The number of benzene rings is 1. The molecule has 7 nitrogen and oxygen atoms in total.